The predicted octanol–water partition coefficient (Wildman–Crippen LogP) is -1.08. The zero-order valence-electron chi connectivity index (χ0n) is 3.57. The highest BCUT2D eigenvalue weighted by molar-refractivity contribution is 5.76. The molecule has 0 atom stereocenters. The van der Waals surface area contributed by atoms with Crippen molar-refractivity contribution < 1.29 is 5.11 Å². The quantitative estimate of drug-likeness (QED) is 0.406. The van der Waals surface area contributed by atoms with Gasteiger partial charge in [-0.25, -0.2) is 9.98 Å². The molecule has 0 bridgehead atoms. The van der Waals surface area contributed by atoms with E-state index >= 15 is 0 Å². The van der Waals surface area contributed by atoms with Crippen LogP contribution in [0.4, 0.5) is 0 Å². The van der Waals surface area contributed by atoms with E-state index in [0.717, 1.165) is 0 Å². The smallest absolute Gasteiger partial charge is 0.245 e. The summed E-state index contributed by atoms with van der Waals surface area (Å²) in [4.78, 5) is 6.90. The Morgan fingerprint density at radius 1 is 1.43 bits per heavy atom. The van der Waals surface area contributed by atoms with Gasteiger partial charge in [-0.05, 0) is 0 Å². The number of nitrogens with one attached hydrogen (secondary N) is 1. The van der Waals surface area contributed by atoms with Crippen molar-refractivity contribution in [1.29, 1.82) is 0 Å². The van der Waals surface area contributed by atoms with Gasteiger partial charge in [-0.3, -0.25) is 0 Å². The van der Waals surface area contributed by atoms with E-state index in [-0.39, 0.29) is 0 Å². The second kappa shape index (κ2) is 1.70. The van der Waals surface area contributed by atoms with Crippen LogP contribution in [0.2, 0.25) is 0 Å². The molecule has 2 N–H and O–H groups in total. The number of hydrogen-bond donors (Lipinski definition) is 2. The summed E-state index contributed by atoms with van der Waals surface area (Å²) in [6.07, 6.45) is 1.89. The molecule has 1 heterocycles. The van der Waals surface area contributed by atoms with E-state index < -0.39 is 6.35 Å². The normalized spacial score (nSPS) is 19.6. The molecule has 0 amide bonds. The van der Waals surface area contributed by atoms with Gasteiger partial charge < -0.3 is 10.4 Å². The maximum atomic E-state index is 8.47. The van der Waals surface area contributed by atoms with Crippen LogP contribution in [0, 0.1) is 0 Å². The second-order valence-corrected chi connectivity index (χ2v) is 1.07. The summed E-state index contributed by atoms with van der Waals surface area (Å²) in [5.41, 5.74) is 0. The Hall–Kier alpha value is -0.900. The van der Waals surface area contributed by atoms with E-state index in [1.54, 1.807) is 0 Å². The molecule has 0 unspecified atom stereocenters. The zero-order chi connectivity index (χ0) is 5.11. The number of aliphatic imine (C=N–C) groups is 2. The first-order valence-electron chi connectivity index (χ1n) is 1.87. The van der Waals surface area contributed by atoms with Crippen LogP contribution < -0.4 is 5.32 Å². The molecule has 0 fully saturated rings. The first kappa shape index (κ1) is 4.26. The monoisotopic (exact) mass is 99.0 g/mol. The van der Waals surface area contributed by atoms with E-state index in [4.69, 9.17) is 5.11 Å². The summed E-state index contributed by atoms with van der Waals surface area (Å²) in [7, 11) is 0. The van der Waals surface area contributed by atoms with Crippen LogP contribution in [0.15, 0.2) is 9.98 Å². The summed E-state index contributed by atoms with van der Waals surface area (Å²) in [6.45, 7) is 0. The van der Waals surface area contributed by atoms with Gasteiger partial charge in [-0.15, -0.1) is 0 Å². The van der Waals surface area contributed by atoms with Gasteiger partial charge in [0.25, 0.3) is 0 Å². The molecule has 38 valence electrons. The fraction of sp³-hybridized carbons (Fsp3) is 0.333. The van der Waals surface area contributed by atoms with Crippen molar-refractivity contribution in [2.24, 2.45) is 9.98 Å². The standard InChI is InChI=1S/C3H5N3O/c7-3-5-1-4-2-6-3/h1-3,7H,(H,4,5,6). The highest BCUT2D eigenvalue weighted by Crippen LogP contribution is 1.84. The van der Waals surface area contributed by atoms with Gasteiger partial charge in [0.05, 0.1) is 12.7 Å². The van der Waals surface area contributed by atoms with Gasteiger partial charge in [0, 0.05) is 0 Å². The number of rotatable bonds is 0. The third kappa shape index (κ3) is 0.972. The molecule has 0 radical (unpaired) electrons. The maximum absolute atomic E-state index is 8.47. The molecule has 0 saturated heterocycles. The molecule has 0 aromatic rings. The van der Waals surface area contributed by atoms with E-state index in [2.05, 4.69) is 15.3 Å². The molecule has 1 rings (SSSR count). The average molecular weight is 99.1 g/mol. The van der Waals surface area contributed by atoms with Crippen molar-refractivity contribution >= 4 is 12.7 Å². The largest absolute Gasteiger partial charge is 0.354 e. The number of nitrogens with zero attached hydrogens (tertiary/aromatic N) is 2. The van der Waals surface area contributed by atoms with Crippen LogP contribution >= 0.6 is 0 Å². The van der Waals surface area contributed by atoms with Gasteiger partial charge in [0.1, 0.15) is 0 Å². The van der Waals surface area contributed by atoms with Crippen molar-refractivity contribution in [1.82, 2.24) is 5.32 Å². The van der Waals surface area contributed by atoms with Gasteiger partial charge in [0.15, 0.2) is 0 Å². The second-order valence-electron chi connectivity index (χ2n) is 1.07. The van der Waals surface area contributed by atoms with Crippen molar-refractivity contribution in [3.05, 3.63) is 0 Å². The lowest BCUT2D eigenvalue weighted by Gasteiger charge is -2.00. The van der Waals surface area contributed by atoms with Gasteiger partial charge in [0.2, 0.25) is 6.35 Å². The van der Waals surface area contributed by atoms with E-state index in [0.29, 0.717) is 0 Å². The number of aliphatic hydroxyl groups excluding tert-OH is 1. The first-order chi connectivity index (χ1) is 3.39. The Labute approximate surface area is 40.6 Å². The fourth-order valence-corrected chi connectivity index (χ4v) is 0.291. The van der Waals surface area contributed by atoms with Crippen LogP contribution in [0.3, 0.4) is 0 Å². The third-order valence-electron chi connectivity index (χ3n) is 0.565. The number of aliphatic hydroxyl groups is 1. The first-order valence-corrected chi connectivity index (χ1v) is 1.87. The van der Waals surface area contributed by atoms with Gasteiger partial charge in [-0.1, -0.05) is 0 Å². The average Bonchev–Trinajstić information content (AvgIpc) is 1.69. The van der Waals surface area contributed by atoms with Crippen molar-refractivity contribution in [2.75, 3.05) is 0 Å². The molecule has 0 saturated carbocycles. The topological polar surface area (TPSA) is 57.0 Å². The molecule has 0 aromatic heterocycles. The maximum Gasteiger partial charge on any atom is 0.245 e. The molecule has 0 aromatic carbocycles. The minimum Gasteiger partial charge on any atom is -0.354 e. The van der Waals surface area contributed by atoms with E-state index in [1.807, 2.05) is 0 Å². The fourth-order valence-electron chi connectivity index (χ4n) is 0.291. The SMILES string of the molecule is OC1N=CNC=N1. The van der Waals surface area contributed by atoms with Crippen molar-refractivity contribution in [3.8, 4) is 0 Å². The van der Waals surface area contributed by atoms with Crippen LogP contribution in [0.1, 0.15) is 0 Å². The molecule has 0 aliphatic carbocycles. The lowest BCUT2D eigenvalue weighted by atomic mass is 10.9. The minimum atomic E-state index is -0.888. The van der Waals surface area contributed by atoms with Crippen LogP contribution in [0.25, 0.3) is 0 Å². The Morgan fingerprint density at radius 3 is 2.29 bits per heavy atom. The molecule has 7 heavy (non-hydrogen) atoms. The highest BCUT2D eigenvalue weighted by atomic mass is 16.3. The molecular weight excluding hydrogens is 94.1 g/mol. The summed E-state index contributed by atoms with van der Waals surface area (Å²) in [5, 5.41) is 11.0. The lowest BCUT2D eigenvalue weighted by Crippen LogP contribution is -2.17. The van der Waals surface area contributed by atoms with Crippen LogP contribution in [-0.4, -0.2) is 24.1 Å². The van der Waals surface area contributed by atoms with Gasteiger partial charge in [-0.2, -0.15) is 0 Å². The van der Waals surface area contributed by atoms with Crippen molar-refractivity contribution in [2.45, 2.75) is 6.35 Å². The molecule has 4 nitrogen and oxygen atoms in total. The lowest BCUT2D eigenvalue weighted by molar-refractivity contribution is 0.194. The van der Waals surface area contributed by atoms with Crippen LogP contribution in [0.5, 0.6) is 0 Å². The Bertz CT molecular complexity index is 96.7. The predicted molar refractivity (Wildman–Crippen MR) is 26.1 cm³/mol. The third-order valence-corrected chi connectivity index (χ3v) is 0.565. The molecular formula is C3H5N3O. The summed E-state index contributed by atoms with van der Waals surface area (Å²) >= 11 is 0. The molecule has 1 aliphatic rings. The van der Waals surface area contributed by atoms with Crippen LogP contribution in [-0.2, 0) is 0 Å². The zero-order valence-corrected chi connectivity index (χ0v) is 3.57. The van der Waals surface area contributed by atoms with E-state index in [1.165, 1.54) is 12.7 Å². The molecule has 4 heteroatoms. The molecule has 0 spiro atoms. The number of hydrogen-bond acceptors (Lipinski definition) is 4. The highest BCUT2D eigenvalue weighted by Gasteiger charge is 1.93. The summed E-state index contributed by atoms with van der Waals surface area (Å²) in [5.74, 6) is 0. The minimum absolute atomic E-state index is 0.888. The van der Waals surface area contributed by atoms with E-state index in [9.17, 15) is 0 Å². The summed E-state index contributed by atoms with van der Waals surface area (Å²) < 4.78 is 0. The Kier molecular flexibility index (Phi) is 1.04. The Balaban J connectivity index is 2.49. The summed E-state index contributed by atoms with van der Waals surface area (Å²) in [6, 6.07) is 0. The van der Waals surface area contributed by atoms with Gasteiger partial charge >= 0.3 is 0 Å². The van der Waals surface area contributed by atoms with Crippen molar-refractivity contribution in [3.63, 3.8) is 0 Å². The molecule has 1 aliphatic heterocycles. The Morgan fingerprint density at radius 2 is 2.00 bits per heavy atom.